The van der Waals surface area contributed by atoms with Crippen molar-refractivity contribution in [3.63, 3.8) is 0 Å². The zero-order valence-electron chi connectivity index (χ0n) is 12.0. The van der Waals surface area contributed by atoms with Gasteiger partial charge in [-0.15, -0.1) is 0 Å². The summed E-state index contributed by atoms with van der Waals surface area (Å²) in [6, 6.07) is 8.16. The summed E-state index contributed by atoms with van der Waals surface area (Å²) < 4.78 is 10.8. The van der Waals surface area contributed by atoms with Gasteiger partial charge in [-0.25, -0.2) is 4.79 Å². The molecule has 5 atom stereocenters. The first kappa shape index (κ1) is 14.4. The van der Waals surface area contributed by atoms with Gasteiger partial charge in [0.1, 0.15) is 12.2 Å². The molecule has 0 aliphatic heterocycles. The van der Waals surface area contributed by atoms with E-state index in [0.29, 0.717) is 5.56 Å². The molecular formula is C15H15N3O4. The van der Waals surface area contributed by atoms with Crippen LogP contribution in [0, 0.1) is 11.8 Å². The smallest absolute Gasteiger partial charge is 0.338 e. The summed E-state index contributed by atoms with van der Waals surface area (Å²) in [6.45, 7) is 1.28. The van der Waals surface area contributed by atoms with Crippen LogP contribution in [0.15, 0.2) is 35.4 Å². The molecule has 2 aliphatic rings. The van der Waals surface area contributed by atoms with E-state index in [1.165, 1.54) is 6.92 Å². The predicted molar refractivity (Wildman–Crippen MR) is 75.7 cm³/mol. The van der Waals surface area contributed by atoms with E-state index in [0.717, 1.165) is 6.42 Å². The zero-order chi connectivity index (χ0) is 15.7. The molecule has 1 aromatic carbocycles. The van der Waals surface area contributed by atoms with Crippen molar-refractivity contribution in [1.29, 1.82) is 0 Å². The van der Waals surface area contributed by atoms with E-state index in [9.17, 15) is 9.59 Å². The number of hydrogen-bond acceptors (Lipinski definition) is 5. The Balaban J connectivity index is 1.78. The van der Waals surface area contributed by atoms with E-state index < -0.39 is 30.2 Å². The van der Waals surface area contributed by atoms with Gasteiger partial charge in [0.15, 0.2) is 0 Å². The van der Waals surface area contributed by atoms with Crippen molar-refractivity contribution >= 4 is 11.9 Å². The molecule has 1 aromatic rings. The molecule has 2 fully saturated rings. The molecular weight excluding hydrogens is 286 g/mol. The van der Waals surface area contributed by atoms with Crippen LogP contribution in [0.1, 0.15) is 23.7 Å². The average Bonchev–Trinajstić information content (AvgIpc) is 3.24. The lowest BCUT2D eigenvalue weighted by atomic mass is 10.1. The van der Waals surface area contributed by atoms with Crippen LogP contribution in [0.5, 0.6) is 0 Å². The topological polar surface area (TPSA) is 101 Å². The minimum atomic E-state index is -0.704. The number of azide groups is 1. The van der Waals surface area contributed by atoms with E-state index in [1.807, 2.05) is 6.07 Å². The van der Waals surface area contributed by atoms with Crippen molar-refractivity contribution in [2.24, 2.45) is 17.0 Å². The number of carbonyl (C=O) groups excluding carboxylic acids is 2. The fourth-order valence-corrected chi connectivity index (χ4v) is 3.15. The quantitative estimate of drug-likeness (QED) is 0.369. The Kier molecular flexibility index (Phi) is 3.73. The summed E-state index contributed by atoms with van der Waals surface area (Å²) in [6.07, 6.45) is -0.448. The minimum Gasteiger partial charge on any atom is -0.458 e. The molecule has 0 radical (unpaired) electrons. The maximum Gasteiger partial charge on any atom is 0.338 e. The highest BCUT2D eigenvalue weighted by atomic mass is 16.6. The van der Waals surface area contributed by atoms with Gasteiger partial charge in [0.25, 0.3) is 0 Å². The Labute approximate surface area is 126 Å². The summed E-state index contributed by atoms with van der Waals surface area (Å²) in [4.78, 5) is 26.3. The summed E-state index contributed by atoms with van der Waals surface area (Å²) in [5.41, 5.74) is 9.11. The molecule has 2 saturated carbocycles. The summed E-state index contributed by atoms with van der Waals surface area (Å²) >= 11 is 0. The van der Waals surface area contributed by atoms with Crippen LogP contribution in [0.3, 0.4) is 0 Å². The van der Waals surface area contributed by atoms with Crippen LogP contribution in [-0.2, 0) is 14.3 Å². The van der Waals surface area contributed by atoms with E-state index in [4.69, 9.17) is 15.0 Å². The highest BCUT2D eigenvalue weighted by Crippen LogP contribution is 2.55. The number of carbonyl (C=O) groups is 2. The van der Waals surface area contributed by atoms with Crippen molar-refractivity contribution in [2.45, 2.75) is 31.6 Å². The van der Waals surface area contributed by atoms with Crippen LogP contribution in [0.2, 0.25) is 0 Å². The van der Waals surface area contributed by atoms with Gasteiger partial charge in [-0.1, -0.05) is 23.3 Å². The van der Waals surface area contributed by atoms with Gasteiger partial charge in [0.05, 0.1) is 11.6 Å². The van der Waals surface area contributed by atoms with Gasteiger partial charge >= 0.3 is 11.9 Å². The molecule has 2 aliphatic carbocycles. The lowest BCUT2D eigenvalue weighted by Gasteiger charge is -2.25. The first-order valence-electron chi connectivity index (χ1n) is 7.09. The van der Waals surface area contributed by atoms with Crippen molar-refractivity contribution in [2.75, 3.05) is 0 Å². The maximum atomic E-state index is 12.2. The lowest BCUT2D eigenvalue weighted by molar-refractivity contribution is -0.153. The Morgan fingerprint density at radius 2 is 1.91 bits per heavy atom. The second-order valence-corrected chi connectivity index (χ2v) is 5.57. The normalized spacial score (nSPS) is 31.6. The molecule has 0 aromatic heterocycles. The largest absolute Gasteiger partial charge is 0.458 e. The number of esters is 2. The predicted octanol–water partition coefficient (Wildman–Crippen LogP) is 2.47. The number of fused-ring (bicyclic) bond motifs is 1. The first-order chi connectivity index (χ1) is 10.6. The standard InChI is InChI=1S/C15H15N3O4/c1-8(19)21-14-12(17-18-16)10-7-11(10)13(14)22-15(20)9-5-3-2-4-6-9/h2-6,10-14H,7H2,1H3/t10-,11+,12-,13-,14+/m0/s1. The minimum absolute atomic E-state index is 0.0903. The Hall–Kier alpha value is -2.53. The zero-order valence-corrected chi connectivity index (χ0v) is 12.0. The van der Waals surface area contributed by atoms with Crippen LogP contribution in [0.4, 0.5) is 0 Å². The lowest BCUT2D eigenvalue weighted by Crippen LogP contribution is -2.39. The third-order valence-corrected chi connectivity index (χ3v) is 4.15. The number of benzene rings is 1. The third-order valence-electron chi connectivity index (χ3n) is 4.15. The molecule has 0 spiro atoms. The fraction of sp³-hybridized carbons (Fsp3) is 0.467. The van der Waals surface area contributed by atoms with Gasteiger partial charge in [0.2, 0.25) is 0 Å². The number of rotatable bonds is 4. The fourth-order valence-electron chi connectivity index (χ4n) is 3.15. The maximum absolute atomic E-state index is 12.2. The van der Waals surface area contributed by atoms with Gasteiger partial charge in [0, 0.05) is 17.8 Å². The SMILES string of the molecule is CC(=O)O[C@@H]1[C@@H](N=[N+]=[N-])[C@H]2C[C@H]2[C@@H]1OC(=O)c1ccccc1. The molecule has 0 heterocycles. The van der Waals surface area contributed by atoms with E-state index in [1.54, 1.807) is 24.3 Å². The highest BCUT2D eigenvalue weighted by molar-refractivity contribution is 5.89. The van der Waals surface area contributed by atoms with Crippen LogP contribution in [-0.4, -0.2) is 30.2 Å². The molecule has 0 unspecified atom stereocenters. The molecule has 7 nitrogen and oxygen atoms in total. The van der Waals surface area contributed by atoms with Crippen molar-refractivity contribution in [1.82, 2.24) is 0 Å². The summed E-state index contributed by atoms with van der Waals surface area (Å²) in [7, 11) is 0. The van der Waals surface area contributed by atoms with Gasteiger partial charge in [-0.3, -0.25) is 4.79 Å². The highest BCUT2D eigenvalue weighted by Gasteiger charge is 2.63. The molecule has 0 saturated heterocycles. The number of nitrogens with zero attached hydrogens (tertiary/aromatic N) is 3. The summed E-state index contributed by atoms with van der Waals surface area (Å²) in [5, 5.41) is 3.72. The van der Waals surface area contributed by atoms with Crippen molar-refractivity contribution in [3.05, 3.63) is 46.3 Å². The molecule has 0 amide bonds. The Bertz CT molecular complexity index is 641. The van der Waals surface area contributed by atoms with Crippen molar-refractivity contribution in [3.8, 4) is 0 Å². The third kappa shape index (κ3) is 2.63. The average molecular weight is 301 g/mol. The van der Waals surface area contributed by atoms with Crippen LogP contribution >= 0.6 is 0 Å². The Morgan fingerprint density at radius 1 is 1.18 bits per heavy atom. The number of ether oxygens (including phenoxy) is 2. The van der Waals surface area contributed by atoms with Gasteiger partial charge in [-0.05, 0) is 30.0 Å². The monoisotopic (exact) mass is 301 g/mol. The second-order valence-electron chi connectivity index (χ2n) is 5.57. The Morgan fingerprint density at radius 3 is 2.55 bits per heavy atom. The van der Waals surface area contributed by atoms with E-state index >= 15 is 0 Å². The van der Waals surface area contributed by atoms with Gasteiger partial charge in [-0.2, -0.15) is 0 Å². The van der Waals surface area contributed by atoms with Gasteiger partial charge < -0.3 is 9.47 Å². The first-order valence-corrected chi connectivity index (χ1v) is 7.09. The number of hydrogen-bond donors (Lipinski definition) is 0. The molecule has 0 N–H and O–H groups in total. The van der Waals surface area contributed by atoms with E-state index in [2.05, 4.69) is 10.0 Å². The van der Waals surface area contributed by atoms with Crippen LogP contribution < -0.4 is 0 Å². The van der Waals surface area contributed by atoms with E-state index in [-0.39, 0.29) is 11.8 Å². The van der Waals surface area contributed by atoms with Crippen LogP contribution in [0.25, 0.3) is 10.4 Å². The molecule has 22 heavy (non-hydrogen) atoms. The molecule has 0 bridgehead atoms. The summed E-state index contributed by atoms with van der Waals surface area (Å²) in [5.74, 6) is -0.735. The second kappa shape index (κ2) is 5.69. The van der Waals surface area contributed by atoms with Crippen molar-refractivity contribution < 1.29 is 19.1 Å². The molecule has 3 rings (SSSR count). The molecule has 7 heteroatoms. The molecule has 114 valence electrons.